The monoisotopic (exact) mass is 303 g/mol. The average Bonchev–Trinajstić information content (AvgIpc) is 2.89. The number of methoxy groups -OCH3 is 1. The first-order chi connectivity index (χ1) is 9.07. The molecule has 0 aromatic heterocycles. The van der Waals surface area contributed by atoms with E-state index in [0.717, 1.165) is 12.0 Å². The fourth-order valence-electron chi connectivity index (χ4n) is 2.29. The smallest absolute Gasteiger partial charge is 0.243 e. The first-order valence-corrected chi connectivity index (χ1v) is 8.19. The molecule has 106 valence electrons. The second-order valence-corrected chi connectivity index (χ2v) is 6.96. The van der Waals surface area contributed by atoms with E-state index >= 15 is 0 Å². The van der Waals surface area contributed by atoms with Gasteiger partial charge in [-0.1, -0.05) is 12.1 Å². The van der Waals surface area contributed by atoms with E-state index in [-0.39, 0.29) is 0 Å². The van der Waals surface area contributed by atoms with Gasteiger partial charge in [0.1, 0.15) is 0 Å². The molecule has 0 amide bonds. The average molecular weight is 304 g/mol. The quantitative estimate of drug-likeness (QED) is 0.783. The van der Waals surface area contributed by atoms with Crippen LogP contribution in [0, 0.1) is 5.92 Å². The van der Waals surface area contributed by atoms with E-state index in [0.29, 0.717) is 36.4 Å². The van der Waals surface area contributed by atoms with E-state index in [4.69, 9.17) is 16.3 Å². The molecule has 6 heteroatoms. The molecule has 0 N–H and O–H groups in total. The summed E-state index contributed by atoms with van der Waals surface area (Å²) in [5.41, 5.74) is 0.916. The summed E-state index contributed by atoms with van der Waals surface area (Å²) in [5, 5.41) is 0. The summed E-state index contributed by atoms with van der Waals surface area (Å²) >= 11 is 5.70. The maximum absolute atomic E-state index is 12.4. The number of alkyl halides is 1. The SMILES string of the molecule is COCC1CCN(S(=O)(=O)c2ccc(CCl)cc2)C1. The summed E-state index contributed by atoms with van der Waals surface area (Å²) in [6.45, 7) is 1.71. The number of hydrogen-bond acceptors (Lipinski definition) is 3. The Morgan fingerprint density at radius 2 is 2.05 bits per heavy atom. The molecule has 19 heavy (non-hydrogen) atoms. The van der Waals surface area contributed by atoms with Crippen LogP contribution in [0.1, 0.15) is 12.0 Å². The van der Waals surface area contributed by atoms with E-state index < -0.39 is 10.0 Å². The molecule has 0 aliphatic carbocycles. The third-order valence-electron chi connectivity index (χ3n) is 3.37. The number of ether oxygens (including phenoxy) is 1. The molecular weight excluding hydrogens is 286 g/mol. The second kappa shape index (κ2) is 6.22. The molecule has 1 aliphatic rings. The molecule has 1 saturated heterocycles. The van der Waals surface area contributed by atoms with Crippen LogP contribution >= 0.6 is 11.6 Å². The molecule has 0 radical (unpaired) electrons. The fourth-order valence-corrected chi connectivity index (χ4v) is 4.00. The van der Waals surface area contributed by atoms with Crippen LogP contribution in [0.2, 0.25) is 0 Å². The topological polar surface area (TPSA) is 46.6 Å². The van der Waals surface area contributed by atoms with Gasteiger partial charge in [0.2, 0.25) is 10.0 Å². The highest BCUT2D eigenvalue weighted by atomic mass is 35.5. The number of halogens is 1. The molecule has 1 atom stereocenters. The lowest BCUT2D eigenvalue weighted by Crippen LogP contribution is -2.29. The summed E-state index contributed by atoms with van der Waals surface area (Å²) in [6.07, 6.45) is 0.854. The highest BCUT2D eigenvalue weighted by Gasteiger charge is 2.32. The molecule has 0 saturated carbocycles. The Hall–Kier alpha value is -0.620. The van der Waals surface area contributed by atoms with Crippen LogP contribution in [0.4, 0.5) is 0 Å². The first-order valence-electron chi connectivity index (χ1n) is 6.22. The molecule has 1 aromatic rings. The number of nitrogens with zero attached hydrogens (tertiary/aromatic N) is 1. The Bertz CT molecular complexity index is 515. The lowest BCUT2D eigenvalue weighted by Gasteiger charge is -2.16. The van der Waals surface area contributed by atoms with Crippen molar-refractivity contribution in [1.29, 1.82) is 0 Å². The fraction of sp³-hybridized carbons (Fsp3) is 0.538. The molecular formula is C13H18ClNO3S. The Labute approximate surface area is 119 Å². The van der Waals surface area contributed by atoms with Gasteiger partial charge in [0.05, 0.1) is 11.5 Å². The van der Waals surface area contributed by atoms with Crippen LogP contribution in [0.25, 0.3) is 0 Å². The van der Waals surface area contributed by atoms with Gasteiger partial charge in [-0.05, 0) is 30.0 Å². The minimum absolute atomic E-state index is 0.293. The molecule has 1 aromatic carbocycles. The predicted molar refractivity (Wildman–Crippen MR) is 74.7 cm³/mol. The molecule has 0 spiro atoms. The highest BCUT2D eigenvalue weighted by Crippen LogP contribution is 2.24. The van der Waals surface area contributed by atoms with Crippen LogP contribution in [0.5, 0.6) is 0 Å². The molecule has 1 heterocycles. The van der Waals surface area contributed by atoms with Crippen molar-refractivity contribution in [2.45, 2.75) is 17.2 Å². The van der Waals surface area contributed by atoms with Crippen molar-refractivity contribution in [2.75, 3.05) is 26.8 Å². The zero-order valence-electron chi connectivity index (χ0n) is 10.9. The minimum Gasteiger partial charge on any atom is -0.384 e. The number of sulfonamides is 1. The maximum Gasteiger partial charge on any atom is 0.243 e. The summed E-state index contributed by atoms with van der Waals surface area (Å²) in [7, 11) is -1.74. The van der Waals surface area contributed by atoms with Gasteiger partial charge in [-0.2, -0.15) is 4.31 Å². The van der Waals surface area contributed by atoms with Crippen LogP contribution in [-0.2, 0) is 20.6 Å². The van der Waals surface area contributed by atoms with Crippen molar-refractivity contribution >= 4 is 21.6 Å². The van der Waals surface area contributed by atoms with Gasteiger partial charge in [0.15, 0.2) is 0 Å². The van der Waals surface area contributed by atoms with Crippen molar-refractivity contribution in [1.82, 2.24) is 4.31 Å². The van der Waals surface area contributed by atoms with E-state index in [1.807, 2.05) is 0 Å². The zero-order valence-corrected chi connectivity index (χ0v) is 12.5. The van der Waals surface area contributed by atoms with Gasteiger partial charge in [0.25, 0.3) is 0 Å². The molecule has 1 fully saturated rings. The van der Waals surface area contributed by atoms with Gasteiger partial charge in [-0.15, -0.1) is 11.6 Å². The summed E-state index contributed by atoms with van der Waals surface area (Å²) < 4.78 is 31.5. The van der Waals surface area contributed by atoms with E-state index in [9.17, 15) is 8.42 Å². The van der Waals surface area contributed by atoms with Gasteiger partial charge >= 0.3 is 0 Å². The van der Waals surface area contributed by atoms with E-state index in [2.05, 4.69) is 0 Å². The Kier molecular flexibility index (Phi) is 4.84. The molecule has 0 bridgehead atoms. The van der Waals surface area contributed by atoms with Gasteiger partial charge in [-0.25, -0.2) is 8.42 Å². The normalized spacial score (nSPS) is 20.8. The summed E-state index contributed by atoms with van der Waals surface area (Å²) in [6, 6.07) is 6.75. The van der Waals surface area contributed by atoms with Crippen LogP contribution in [0.15, 0.2) is 29.2 Å². The summed E-state index contributed by atoms with van der Waals surface area (Å²) in [4.78, 5) is 0.333. The minimum atomic E-state index is -3.38. The zero-order chi connectivity index (χ0) is 13.9. The molecule has 1 aliphatic heterocycles. The van der Waals surface area contributed by atoms with Gasteiger partial charge in [0, 0.05) is 26.1 Å². The Morgan fingerprint density at radius 1 is 1.37 bits per heavy atom. The van der Waals surface area contributed by atoms with Crippen LogP contribution in [-0.4, -0.2) is 39.5 Å². The number of hydrogen-bond donors (Lipinski definition) is 0. The van der Waals surface area contributed by atoms with Crippen molar-refractivity contribution in [3.05, 3.63) is 29.8 Å². The maximum atomic E-state index is 12.4. The largest absolute Gasteiger partial charge is 0.384 e. The lowest BCUT2D eigenvalue weighted by atomic mass is 10.1. The highest BCUT2D eigenvalue weighted by molar-refractivity contribution is 7.89. The summed E-state index contributed by atoms with van der Waals surface area (Å²) in [5.74, 6) is 0.682. The number of benzene rings is 1. The first kappa shape index (κ1) is 14.8. The van der Waals surface area contributed by atoms with Crippen LogP contribution < -0.4 is 0 Å². The number of rotatable bonds is 5. The van der Waals surface area contributed by atoms with Crippen molar-refractivity contribution in [2.24, 2.45) is 5.92 Å². The Balaban J connectivity index is 2.13. The predicted octanol–water partition coefficient (Wildman–Crippen LogP) is 2.08. The van der Waals surface area contributed by atoms with Gasteiger partial charge < -0.3 is 4.74 Å². The van der Waals surface area contributed by atoms with Crippen LogP contribution in [0.3, 0.4) is 0 Å². The standard InChI is InChI=1S/C13H18ClNO3S/c1-18-10-12-6-7-15(9-12)19(16,17)13-4-2-11(8-14)3-5-13/h2-5,12H,6-10H2,1H3. The molecule has 1 unspecified atom stereocenters. The second-order valence-electron chi connectivity index (χ2n) is 4.75. The van der Waals surface area contributed by atoms with Gasteiger partial charge in [-0.3, -0.25) is 0 Å². The molecule has 4 nitrogen and oxygen atoms in total. The third kappa shape index (κ3) is 3.28. The lowest BCUT2D eigenvalue weighted by molar-refractivity contribution is 0.157. The van der Waals surface area contributed by atoms with Crippen molar-refractivity contribution in [3.8, 4) is 0 Å². The molecule has 2 rings (SSSR count). The third-order valence-corrected chi connectivity index (χ3v) is 5.55. The van der Waals surface area contributed by atoms with E-state index in [1.54, 1.807) is 31.4 Å². The van der Waals surface area contributed by atoms with E-state index in [1.165, 1.54) is 4.31 Å². The van der Waals surface area contributed by atoms with Crippen molar-refractivity contribution < 1.29 is 13.2 Å². The Morgan fingerprint density at radius 3 is 2.63 bits per heavy atom. The van der Waals surface area contributed by atoms with Crippen molar-refractivity contribution in [3.63, 3.8) is 0 Å².